The Kier molecular flexibility index (Phi) is 24.2. The second-order valence-corrected chi connectivity index (χ2v) is 19.2. The van der Waals surface area contributed by atoms with Crippen LogP contribution in [-0.4, -0.2) is 126 Å². The van der Waals surface area contributed by atoms with Crippen molar-refractivity contribution in [3.8, 4) is 0 Å². The molecule has 12 nitrogen and oxygen atoms in total. The molecule has 12 heteroatoms. The third-order valence-corrected chi connectivity index (χ3v) is 14.3. The molecule has 0 spiro atoms. The molecule has 63 heavy (non-hydrogen) atoms. The number of rotatable bonds is 18. The summed E-state index contributed by atoms with van der Waals surface area (Å²) in [5, 5.41) is 0. The van der Waals surface area contributed by atoms with Crippen LogP contribution in [0.2, 0.25) is 0 Å². The summed E-state index contributed by atoms with van der Waals surface area (Å²) in [6, 6.07) is 0.00561. The molecule has 0 bridgehead atoms. The fourth-order valence-electron chi connectivity index (χ4n) is 9.74. The van der Waals surface area contributed by atoms with E-state index in [9.17, 15) is 9.59 Å². The number of ether oxygens (including phenoxy) is 9. The Hall–Kier alpha value is -2.00. The van der Waals surface area contributed by atoms with Gasteiger partial charge in [0.05, 0.1) is 50.2 Å². The minimum Gasteiger partial charge on any atom is -0.462 e. The number of carbonyl (C=O) groups is 2. The highest BCUT2D eigenvalue weighted by Crippen LogP contribution is 2.39. The lowest BCUT2D eigenvalue weighted by molar-refractivity contribution is -0.295. The van der Waals surface area contributed by atoms with E-state index in [0.717, 1.165) is 18.4 Å². The van der Waals surface area contributed by atoms with E-state index in [1.54, 1.807) is 20.3 Å². The largest absolute Gasteiger partial charge is 0.462 e. The fraction of sp³-hybridized carbons (Fsp3) is 0.843. The van der Waals surface area contributed by atoms with Crippen LogP contribution < -0.4 is 0 Å². The Balaban J connectivity index is 2.12. The number of likely N-dealkylation sites (N-methyl/N-ethyl adjacent to an activating group) is 1. The SMILES string of the molecule is C/C=C/CO[C@@H]1CC(=O)O[C@H](CC)[C@@H](CO[C@@H]2O[C@H](C)[C@@H](C)[C@@H](C)[C@H]2C)/C=C(C)/C=C/C(=O)[C@H](C)C[C@H](CC(OC)OC)[C@H](O[C@@H]2O[C@H](C)[C@@H](OCCCC)[C@H](N(C)C)[C@H]2C)[C@H]1C. The van der Waals surface area contributed by atoms with Crippen LogP contribution in [0.3, 0.4) is 0 Å². The van der Waals surface area contributed by atoms with Crippen LogP contribution in [0, 0.1) is 47.3 Å². The molecule has 0 aromatic rings. The highest BCUT2D eigenvalue weighted by Gasteiger charge is 2.48. The Labute approximate surface area is 382 Å². The Morgan fingerprint density at radius 2 is 1.51 bits per heavy atom. The first-order chi connectivity index (χ1) is 29.9. The maximum Gasteiger partial charge on any atom is 0.308 e. The molecule has 3 heterocycles. The lowest BCUT2D eigenvalue weighted by Crippen LogP contribution is -2.60. The van der Waals surface area contributed by atoms with Crippen molar-refractivity contribution in [3.63, 3.8) is 0 Å². The Bertz CT molecular complexity index is 1430. The number of methoxy groups -OCH3 is 2. The smallest absolute Gasteiger partial charge is 0.308 e. The van der Waals surface area contributed by atoms with Gasteiger partial charge in [0, 0.05) is 62.9 Å². The summed E-state index contributed by atoms with van der Waals surface area (Å²) in [7, 11) is 7.39. The van der Waals surface area contributed by atoms with Gasteiger partial charge in [-0.3, -0.25) is 9.59 Å². The first kappa shape index (κ1) is 55.3. The molecule has 364 valence electrons. The molecule has 0 aromatic carbocycles. The van der Waals surface area contributed by atoms with Gasteiger partial charge in [0.15, 0.2) is 24.7 Å². The number of allylic oxidation sites excluding steroid dienone is 4. The maximum absolute atomic E-state index is 14.4. The van der Waals surface area contributed by atoms with Gasteiger partial charge in [-0.05, 0) is 84.9 Å². The third kappa shape index (κ3) is 16.1. The van der Waals surface area contributed by atoms with Crippen molar-refractivity contribution in [1.29, 1.82) is 0 Å². The van der Waals surface area contributed by atoms with E-state index < -0.39 is 30.9 Å². The predicted molar refractivity (Wildman–Crippen MR) is 248 cm³/mol. The van der Waals surface area contributed by atoms with Gasteiger partial charge < -0.3 is 47.5 Å². The zero-order valence-corrected chi connectivity index (χ0v) is 42.1. The number of carbonyl (C=O) groups excluding carboxylic acids is 2. The third-order valence-electron chi connectivity index (χ3n) is 14.3. The molecule has 0 amide bonds. The topological polar surface area (TPSA) is 120 Å². The molecular weight excluding hydrogens is 803 g/mol. The van der Waals surface area contributed by atoms with Crippen LogP contribution in [0.5, 0.6) is 0 Å². The average molecular weight is 892 g/mol. The highest BCUT2D eigenvalue weighted by atomic mass is 16.7. The van der Waals surface area contributed by atoms with Crippen molar-refractivity contribution >= 4 is 11.8 Å². The Morgan fingerprint density at radius 3 is 2.13 bits per heavy atom. The van der Waals surface area contributed by atoms with Crippen LogP contribution in [-0.2, 0) is 52.2 Å². The molecule has 3 aliphatic rings. The molecule has 0 N–H and O–H groups in total. The number of ketones is 1. The number of nitrogens with zero attached hydrogens (tertiary/aromatic N) is 1. The van der Waals surface area contributed by atoms with E-state index in [0.29, 0.717) is 44.3 Å². The molecule has 2 fully saturated rings. The van der Waals surface area contributed by atoms with Gasteiger partial charge in [-0.25, -0.2) is 0 Å². The molecule has 0 unspecified atom stereocenters. The summed E-state index contributed by atoms with van der Waals surface area (Å²) >= 11 is 0. The van der Waals surface area contributed by atoms with Crippen molar-refractivity contribution in [2.75, 3.05) is 48.1 Å². The number of hydrogen-bond donors (Lipinski definition) is 0. The molecular formula is C51H89NO11. The van der Waals surface area contributed by atoms with E-state index >= 15 is 0 Å². The summed E-state index contributed by atoms with van der Waals surface area (Å²) < 4.78 is 58.2. The zero-order chi connectivity index (χ0) is 47.0. The molecule has 17 atom stereocenters. The van der Waals surface area contributed by atoms with Gasteiger partial charge >= 0.3 is 5.97 Å². The van der Waals surface area contributed by atoms with Gasteiger partial charge in [-0.15, -0.1) is 0 Å². The van der Waals surface area contributed by atoms with Gasteiger partial charge in [-0.2, -0.15) is 0 Å². The van der Waals surface area contributed by atoms with Crippen LogP contribution in [0.25, 0.3) is 0 Å². The minimum absolute atomic E-state index is 0.00181. The lowest BCUT2D eigenvalue weighted by Gasteiger charge is -2.49. The predicted octanol–water partition coefficient (Wildman–Crippen LogP) is 9.20. The first-order valence-corrected chi connectivity index (χ1v) is 24.2. The van der Waals surface area contributed by atoms with Gasteiger partial charge in [0.2, 0.25) is 0 Å². The molecule has 0 aromatic heterocycles. The van der Waals surface area contributed by atoms with Gasteiger partial charge in [-0.1, -0.05) is 91.7 Å². The van der Waals surface area contributed by atoms with Crippen molar-refractivity contribution in [2.45, 2.75) is 183 Å². The van der Waals surface area contributed by atoms with Crippen molar-refractivity contribution in [1.82, 2.24) is 4.90 Å². The number of esters is 1. The highest BCUT2D eigenvalue weighted by molar-refractivity contribution is 5.91. The van der Waals surface area contributed by atoms with E-state index in [-0.39, 0.29) is 90.9 Å². The van der Waals surface area contributed by atoms with Crippen molar-refractivity contribution in [2.24, 2.45) is 47.3 Å². The van der Waals surface area contributed by atoms with Crippen LogP contribution in [0.1, 0.15) is 122 Å². The quantitative estimate of drug-likeness (QED) is 0.0565. The average Bonchev–Trinajstić information content (AvgIpc) is 3.25. The summed E-state index contributed by atoms with van der Waals surface area (Å²) in [5.41, 5.74) is 0.876. The van der Waals surface area contributed by atoms with Crippen LogP contribution in [0.4, 0.5) is 0 Å². The lowest BCUT2D eigenvalue weighted by atomic mass is 9.79. The molecule has 0 aliphatic carbocycles. The summed E-state index contributed by atoms with van der Waals surface area (Å²) in [6.07, 6.45) is 9.34. The summed E-state index contributed by atoms with van der Waals surface area (Å²) in [6.45, 7) is 26.3. The van der Waals surface area contributed by atoms with Crippen molar-refractivity contribution < 1.29 is 52.2 Å². The monoisotopic (exact) mass is 892 g/mol. The van der Waals surface area contributed by atoms with Gasteiger partial charge in [0.1, 0.15) is 6.10 Å². The normalized spacial score (nSPS) is 39.4. The molecule has 2 saturated heterocycles. The van der Waals surface area contributed by atoms with E-state index in [1.165, 1.54) is 0 Å². The summed E-state index contributed by atoms with van der Waals surface area (Å²) in [5.74, 6) is -0.751. The standard InChI is InChI=1S/C51H89NO11/c1-17-20-24-57-44-29-45(54)62-43(19-3)41(30-59-50-35(8)33(6)34(7)38(11)60-50)26-31(4)22-23-42(53)32(5)27-40(28-46(55-15)56-16)48(36(44)9)63-51-37(10)47(52(13)14)49(39(12)61-51)58-25-21-18-2/h17,20,22-23,26,32-41,43-44,46-51H,18-19,21,24-25,27-30H2,1-16H3/b20-17+,23-22+,31-26+/t32-,33-,34+,35-,36+,37-,38-,39-,40-,41-,43-,44-,47-,48-,49-,50-,51+/m1/s1. The van der Waals surface area contributed by atoms with Gasteiger partial charge in [0.25, 0.3) is 0 Å². The first-order valence-electron chi connectivity index (χ1n) is 24.2. The molecule has 0 saturated carbocycles. The molecule has 0 radical (unpaired) electrons. The van der Waals surface area contributed by atoms with E-state index in [2.05, 4.69) is 80.5 Å². The number of cyclic esters (lactones) is 1. The van der Waals surface area contributed by atoms with E-state index in [4.69, 9.17) is 42.6 Å². The van der Waals surface area contributed by atoms with Crippen molar-refractivity contribution in [3.05, 3.63) is 36.0 Å². The number of unbranched alkanes of at least 4 members (excludes halogenated alkanes) is 1. The fourth-order valence-corrected chi connectivity index (χ4v) is 9.74. The molecule has 3 rings (SSSR count). The van der Waals surface area contributed by atoms with Crippen LogP contribution in [0.15, 0.2) is 36.0 Å². The number of hydrogen-bond acceptors (Lipinski definition) is 12. The van der Waals surface area contributed by atoms with E-state index in [1.807, 2.05) is 45.9 Å². The molecule has 3 aliphatic heterocycles. The van der Waals surface area contributed by atoms with Crippen LogP contribution >= 0.6 is 0 Å². The second-order valence-electron chi connectivity index (χ2n) is 19.2. The second kappa shape index (κ2) is 27.6. The zero-order valence-electron chi connectivity index (χ0n) is 42.1. The minimum atomic E-state index is -0.625. The maximum atomic E-state index is 14.4. The summed E-state index contributed by atoms with van der Waals surface area (Å²) in [4.78, 5) is 30.7. The Morgan fingerprint density at radius 1 is 0.825 bits per heavy atom.